The SMILES string of the molecule is CC(C)c1c[n+]2ccc(OC(=O)N(C)C)cc2n1C.[I-]. The Bertz CT molecular complexity index is 620. The summed E-state index contributed by atoms with van der Waals surface area (Å²) in [5.74, 6) is 0.993. The van der Waals surface area contributed by atoms with Crippen LogP contribution in [0.3, 0.4) is 0 Å². The van der Waals surface area contributed by atoms with Crippen molar-refractivity contribution in [1.82, 2.24) is 9.47 Å². The minimum Gasteiger partial charge on any atom is -1.00 e. The molecule has 6 heteroatoms. The lowest BCUT2D eigenvalue weighted by molar-refractivity contribution is -0.511. The number of nitrogens with zero attached hydrogens (tertiary/aromatic N) is 3. The summed E-state index contributed by atoms with van der Waals surface area (Å²) in [6, 6.07) is 3.66. The van der Waals surface area contributed by atoms with Crippen molar-refractivity contribution in [3.8, 4) is 5.75 Å². The molecule has 0 bridgehead atoms. The quantitative estimate of drug-likeness (QED) is 0.486. The minimum absolute atomic E-state index is 0. The van der Waals surface area contributed by atoms with E-state index < -0.39 is 0 Å². The van der Waals surface area contributed by atoms with Crippen LogP contribution >= 0.6 is 0 Å². The maximum atomic E-state index is 11.5. The van der Waals surface area contributed by atoms with Crippen molar-refractivity contribution in [1.29, 1.82) is 0 Å². The van der Waals surface area contributed by atoms with Crippen LogP contribution in [0.25, 0.3) is 5.65 Å². The highest BCUT2D eigenvalue weighted by Crippen LogP contribution is 2.18. The molecule has 110 valence electrons. The van der Waals surface area contributed by atoms with Crippen molar-refractivity contribution in [3.05, 3.63) is 30.2 Å². The summed E-state index contributed by atoms with van der Waals surface area (Å²) < 4.78 is 9.41. The van der Waals surface area contributed by atoms with Gasteiger partial charge < -0.3 is 33.6 Å². The number of aryl methyl sites for hydroxylation is 1. The summed E-state index contributed by atoms with van der Waals surface area (Å²) in [6.07, 6.45) is 3.62. The number of rotatable bonds is 2. The first kappa shape index (κ1) is 16.7. The van der Waals surface area contributed by atoms with Gasteiger partial charge in [-0.15, -0.1) is 0 Å². The standard InChI is InChI=1S/C14H20N3O2.HI/c1-10(2)12-9-17-7-6-11(8-13(17)16(12)5)19-14(18)15(3)4;/h6-10H,1-5H3;1H/q+1;/p-1. The van der Waals surface area contributed by atoms with Gasteiger partial charge in [0, 0.05) is 26.1 Å². The van der Waals surface area contributed by atoms with Crippen LogP contribution in [-0.4, -0.2) is 29.7 Å². The maximum Gasteiger partial charge on any atom is 0.414 e. The molecule has 2 aromatic heterocycles. The lowest BCUT2D eigenvalue weighted by atomic mass is 10.1. The van der Waals surface area contributed by atoms with Crippen LogP contribution < -0.4 is 33.1 Å². The molecule has 20 heavy (non-hydrogen) atoms. The molecule has 0 aliphatic heterocycles. The van der Waals surface area contributed by atoms with Gasteiger partial charge in [-0.05, 0) is 0 Å². The molecule has 0 fully saturated rings. The Kier molecular flexibility index (Phi) is 5.38. The van der Waals surface area contributed by atoms with Gasteiger partial charge in [0.1, 0.15) is 17.6 Å². The van der Waals surface area contributed by atoms with E-state index in [1.54, 1.807) is 20.2 Å². The monoisotopic (exact) mass is 389 g/mol. The van der Waals surface area contributed by atoms with E-state index in [1.165, 1.54) is 10.6 Å². The van der Waals surface area contributed by atoms with Gasteiger partial charge in [0.05, 0.1) is 19.3 Å². The van der Waals surface area contributed by atoms with Crippen LogP contribution in [0, 0.1) is 0 Å². The number of carbonyl (C=O) groups excluding carboxylic acids is 1. The van der Waals surface area contributed by atoms with E-state index in [0.29, 0.717) is 11.7 Å². The molecule has 0 atom stereocenters. The minimum atomic E-state index is -0.373. The summed E-state index contributed by atoms with van der Waals surface area (Å²) >= 11 is 0. The summed E-state index contributed by atoms with van der Waals surface area (Å²) in [4.78, 5) is 12.9. The number of carbonyl (C=O) groups is 1. The first-order chi connectivity index (χ1) is 8.90. The molecular formula is C14H20IN3O2. The van der Waals surface area contributed by atoms with E-state index in [1.807, 2.05) is 23.7 Å². The highest BCUT2D eigenvalue weighted by Gasteiger charge is 2.18. The predicted octanol–water partition coefficient (Wildman–Crippen LogP) is -1.05. The van der Waals surface area contributed by atoms with E-state index in [2.05, 4.69) is 24.6 Å². The number of hydrogen-bond donors (Lipinski definition) is 0. The molecule has 5 nitrogen and oxygen atoms in total. The normalized spacial score (nSPS) is 10.5. The summed E-state index contributed by atoms with van der Waals surface area (Å²) in [5, 5.41) is 0. The van der Waals surface area contributed by atoms with Gasteiger partial charge in [0.25, 0.3) is 5.65 Å². The largest absolute Gasteiger partial charge is 1.00 e. The number of halogens is 1. The second-order valence-corrected chi connectivity index (χ2v) is 5.16. The van der Waals surface area contributed by atoms with Gasteiger partial charge in [-0.3, -0.25) is 0 Å². The molecule has 0 unspecified atom stereocenters. The molecule has 0 radical (unpaired) electrons. The molecule has 2 heterocycles. The number of ether oxygens (including phenoxy) is 1. The molecule has 0 aliphatic carbocycles. The zero-order valence-corrected chi connectivity index (χ0v) is 14.6. The van der Waals surface area contributed by atoms with Crippen LogP contribution in [0.1, 0.15) is 25.5 Å². The van der Waals surface area contributed by atoms with Gasteiger partial charge >= 0.3 is 6.09 Å². The van der Waals surface area contributed by atoms with Gasteiger partial charge in [0.2, 0.25) is 0 Å². The highest BCUT2D eigenvalue weighted by molar-refractivity contribution is 5.70. The number of imidazole rings is 1. The fraction of sp³-hybridized carbons (Fsp3) is 0.429. The summed E-state index contributed by atoms with van der Waals surface area (Å²) in [7, 11) is 5.34. The van der Waals surface area contributed by atoms with Gasteiger partial charge in [0.15, 0.2) is 0 Å². The summed E-state index contributed by atoms with van der Waals surface area (Å²) in [5.41, 5.74) is 2.23. The Morgan fingerprint density at radius 2 is 2.05 bits per heavy atom. The van der Waals surface area contributed by atoms with Crippen LogP contribution in [-0.2, 0) is 7.05 Å². The molecule has 1 amide bonds. The second-order valence-electron chi connectivity index (χ2n) is 5.16. The zero-order valence-electron chi connectivity index (χ0n) is 12.4. The Hall–Kier alpha value is -1.31. The van der Waals surface area contributed by atoms with Crippen molar-refractivity contribution in [2.75, 3.05) is 14.1 Å². The number of pyridine rings is 1. The molecule has 0 N–H and O–H groups in total. The third-order valence-corrected chi connectivity index (χ3v) is 3.10. The highest BCUT2D eigenvalue weighted by atomic mass is 127. The number of aromatic nitrogens is 2. The van der Waals surface area contributed by atoms with Crippen molar-refractivity contribution in [3.63, 3.8) is 0 Å². The van der Waals surface area contributed by atoms with Crippen molar-refractivity contribution in [2.24, 2.45) is 7.05 Å². The Balaban J connectivity index is 0.00000200. The average Bonchev–Trinajstić information content (AvgIpc) is 2.67. The van der Waals surface area contributed by atoms with Crippen LogP contribution in [0.2, 0.25) is 0 Å². The van der Waals surface area contributed by atoms with E-state index in [9.17, 15) is 4.79 Å². The van der Waals surface area contributed by atoms with Crippen LogP contribution in [0.5, 0.6) is 5.75 Å². The van der Waals surface area contributed by atoms with Gasteiger partial charge in [-0.2, -0.15) is 0 Å². The first-order valence-electron chi connectivity index (χ1n) is 6.30. The molecule has 0 saturated heterocycles. The Morgan fingerprint density at radius 3 is 2.60 bits per heavy atom. The molecule has 2 aromatic rings. The molecule has 0 aliphatic rings. The van der Waals surface area contributed by atoms with Crippen LogP contribution in [0.4, 0.5) is 4.79 Å². The fourth-order valence-corrected chi connectivity index (χ4v) is 2.01. The van der Waals surface area contributed by atoms with E-state index in [0.717, 1.165) is 5.65 Å². The average molecular weight is 389 g/mol. The Labute approximate surface area is 136 Å². The molecule has 0 aromatic carbocycles. The van der Waals surface area contributed by atoms with Crippen LogP contribution in [0.15, 0.2) is 24.5 Å². The molecule has 0 spiro atoms. The third-order valence-electron chi connectivity index (χ3n) is 3.10. The van der Waals surface area contributed by atoms with Gasteiger partial charge in [-0.1, -0.05) is 13.8 Å². The van der Waals surface area contributed by atoms with E-state index >= 15 is 0 Å². The second kappa shape index (κ2) is 6.43. The number of amides is 1. The third kappa shape index (κ3) is 3.23. The maximum absolute atomic E-state index is 11.5. The molecular weight excluding hydrogens is 369 g/mol. The van der Waals surface area contributed by atoms with Gasteiger partial charge in [-0.25, -0.2) is 13.8 Å². The lowest BCUT2D eigenvalue weighted by Gasteiger charge is -2.09. The smallest absolute Gasteiger partial charge is 0.414 e. The number of hydrogen-bond acceptors (Lipinski definition) is 2. The summed E-state index contributed by atoms with van der Waals surface area (Å²) in [6.45, 7) is 4.31. The fourth-order valence-electron chi connectivity index (χ4n) is 2.01. The Morgan fingerprint density at radius 1 is 1.40 bits per heavy atom. The lowest BCUT2D eigenvalue weighted by Crippen LogP contribution is -3.00. The number of fused-ring (bicyclic) bond motifs is 1. The van der Waals surface area contributed by atoms with Crippen molar-refractivity contribution < 1.29 is 37.9 Å². The topological polar surface area (TPSA) is 38.6 Å². The molecule has 0 saturated carbocycles. The van der Waals surface area contributed by atoms with Crippen molar-refractivity contribution in [2.45, 2.75) is 19.8 Å². The van der Waals surface area contributed by atoms with Crippen molar-refractivity contribution >= 4 is 11.7 Å². The van der Waals surface area contributed by atoms with E-state index in [4.69, 9.17) is 4.74 Å². The van der Waals surface area contributed by atoms with E-state index in [-0.39, 0.29) is 30.1 Å². The molecule has 2 rings (SSSR count). The predicted molar refractivity (Wildman–Crippen MR) is 72.4 cm³/mol. The zero-order chi connectivity index (χ0) is 14.2. The first-order valence-corrected chi connectivity index (χ1v) is 6.30.